The van der Waals surface area contributed by atoms with Crippen LogP contribution >= 0.6 is 0 Å². The molecule has 134 valence electrons. The lowest BCUT2D eigenvalue weighted by molar-refractivity contribution is -0.0963. The van der Waals surface area contributed by atoms with Crippen LogP contribution in [0.3, 0.4) is 0 Å². The van der Waals surface area contributed by atoms with Crippen LogP contribution in [-0.4, -0.2) is 16.4 Å². The van der Waals surface area contributed by atoms with Crippen molar-refractivity contribution in [2.24, 2.45) is 0 Å². The Labute approximate surface area is 146 Å². The zero-order valence-electron chi connectivity index (χ0n) is 13.6. The van der Waals surface area contributed by atoms with Gasteiger partial charge in [-0.1, -0.05) is 12.1 Å². The molecule has 8 heteroatoms. The van der Waals surface area contributed by atoms with E-state index in [0.717, 1.165) is 22.7 Å². The quantitative estimate of drug-likeness (QED) is 0.659. The predicted octanol–water partition coefficient (Wildman–Crippen LogP) is 4.52. The van der Waals surface area contributed by atoms with Crippen molar-refractivity contribution >= 4 is 16.6 Å². The fraction of sp³-hybridized carbons (Fsp3) is 0.167. The van der Waals surface area contributed by atoms with Gasteiger partial charge in [0.25, 0.3) is 0 Å². The number of hydrogen-bond acceptors (Lipinski definition) is 3. The van der Waals surface area contributed by atoms with Crippen LogP contribution in [-0.2, 0) is 0 Å². The second-order valence-electron chi connectivity index (χ2n) is 6.14. The molecule has 0 spiro atoms. The van der Waals surface area contributed by atoms with Gasteiger partial charge in [0.2, 0.25) is 0 Å². The van der Waals surface area contributed by atoms with E-state index in [1.807, 2.05) is 6.92 Å². The van der Waals surface area contributed by atoms with Crippen LogP contribution < -0.4 is 10.2 Å². The zero-order chi connectivity index (χ0) is 18.5. The maximum Gasteiger partial charge on any atom is 0.432 e. The van der Waals surface area contributed by atoms with Gasteiger partial charge in [0, 0.05) is 17.3 Å². The Hall–Kier alpha value is -3.03. The van der Waals surface area contributed by atoms with E-state index in [-0.39, 0.29) is 0 Å². The number of aromatic nitrogens is 2. The van der Waals surface area contributed by atoms with Crippen molar-refractivity contribution < 1.29 is 17.6 Å². The summed E-state index contributed by atoms with van der Waals surface area (Å²) < 4.78 is 53.0. The molecule has 1 aromatic heterocycles. The number of benzene rings is 2. The predicted molar refractivity (Wildman–Crippen MR) is 89.7 cm³/mol. The summed E-state index contributed by atoms with van der Waals surface area (Å²) in [7, 11) is 0. The fourth-order valence-corrected chi connectivity index (χ4v) is 3.10. The molecule has 3 aromatic rings. The first-order valence-electron chi connectivity index (χ1n) is 7.86. The van der Waals surface area contributed by atoms with Crippen molar-refractivity contribution in [2.75, 3.05) is 4.90 Å². The average Bonchev–Trinajstić information content (AvgIpc) is 3.22. The van der Waals surface area contributed by atoms with Gasteiger partial charge in [-0.15, -0.1) is 0 Å². The topological polar surface area (TPSA) is 44.0 Å². The van der Waals surface area contributed by atoms with Crippen LogP contribution in [0.25, 0.3) is 10.9 Å². The molecule has 0 radical (unpaired) electrons. The summed E-state index contributed by atoms with van der Waals surface area (Å²) in [5.41, 5.74) is 1.95. The van der Waals surface area contributed by atoms with Crippen molar-refractivity contribution in [1.82, 2.24) is 15.5 Å². The summed E-state index contributed by atoms with van der Waals surface area (Å²) in [5, 5.41) is 10.1. The molecule has 0 saturated carbocycles. The first kappa shape index (κ1) is 16.4. The largest absolute Gasteiger partial charge is 0.432 e. The number of hydrogen-bond donors (Lipinski definition) is 2. The summed E-state index contributed by atoms with van der Waals surface area (Å²) in [5.74, 6) is -0.446. The number of aryl methyl sites for hydroxylation is 1. The maximum absolute atomic E-state index is 13.3. The first-order valence-corrected chi connectivity index (χ1v) is 7.86. The van der Waals surface area contributed by atoms with E-state index < -0.39 is 23.9 Å². The number of allylic oxidation sites excluding steroid dienone is 1. The molecule has 2 aromatic carbocycles. The number of fused-ring (bicyclic) bond motifs is 1. The lowest BCUT2D eigenvalue weighted by atomic mass is 10.1. The molecular weight excluding hydrogens is 348 g/mol. The molecule has 2 heterocycles. The summed E-state index contributed by atoms with van der Waals surface area (Å²) >= 11 is 0. The van der Waals surface area contributed by atoms with Crippen molar-refractivity contribution in [3.8, 4) is 0 Å². The van der Waals surface area contributed by atoms with E-state index in [4.69, 9.17) is 0 Å². The second-order valence-corrected chi connectivity index (χ2v) is 6.14. The molecule has 26 heavy (non-hydrogen) atoms. The number of H-pyrrole nitrogens is 1. The van der Waals surface area contributed by atoms with Gasteiger partial charge in [-0.05, 0) is 42.3 Å². The molecule has 1 atom stereocenters. The number of anilines is 1. The summed E-state index contributed by atoms with van der Waals surface area (Å²) in [6.07, 6.45) is -2.65. The molecule has 0 aliphatic carbocycles. The number of nitrogens with zero attached hydrogens (tertiary/aromatic N) is 2. The van der Waals surface area contributed by atoms with Gasteiger partial charge in [-0.25, -0.2) is 4.39 Å². The molecule has 0 bridgehead atoms. The highest BCUT2D eigenvalue weighted by Crippen LogP contribution is 2.38. The number of rotatable bonds is 2. The summed E-state index contributed by atoms with van der Waals surface area (Å²) in [4.78, 5) is 1.50. The third-order valence-corrected chi connectivity index (χ3v) is 4.36. The molecule has 1 aliphatic rings. The summed E-state index contributed by atoms with van der Waals surface area (Å²) in [6, 6.07) is 8.94. The van der Waals surface area contributed by atoms with E-state index in [0.29, 0.717) is 11.3 Å². The van der Waals surface area contributed by atoms with E-state index in [9.17, 15) is 17.6 Å². The van der Waals surface area contributed by atoms with Crippen LogP contribution in [0.1, 0.15) is 17.3 Å². The molecule has 4 nitrogen and oxygen atoms in total. The smallest absolute Gasteiger partial charge is 0.356 e. The fourth-order valence-electron chi connectivity index (χ4n) is 3.10. The standard InChI is InChI=1S/C18H14F4N4/c1-10-6-14(7-12-8-23-25-16(10)12)26-9-15(18(20,21)22)24-17(26)11-2-4-13(19)5-3-11/h2-9,17,24H,1H3,(H,23,25). The van der Waals surface area contributed by atoms with Crippen molar-refractivity contribution in [3.05, 3.63) is 71.4 Å². The van der Waals surface area contributed by atoms with E-state index >= 15 is 0 Å². The van der Waals surface area contributed by atoms with E-state index in [1.165, 1.54) is 29.2 Å². The van der Waals surface area contributed by atoms with Crippen molar-refractivity contribution in [3.63, 3.8) is 0 Å². The second kappa shape index (κ2) is 5.76. The van der Waals surface area contributed by atoms with E-state index in [2.05, 4.69) is 15.5 Å². The minimum Gasteiger partial charge on any atom is -0.356 e. The van der Waals surface area contributed by atoms with Crippen molar-refractivity contribution in [2.45, 2.75) is 19.3 Å². The summed E-state index contributed by atoms with van der Waals surface area (Å²) in [6.45, 7) is 1.86. The average molecular weight is 362 g/mol. The Morgan fingerprint density at radius 3 is 2.54 bits per heavy atom. The lowest BCUT2D eigenvalue weighted by Crippen LogP contribution is -2.30. The Morgan fingerprint density at radius 2 is 1.85 bits per heavy atom. The minimum atomic E-state index is -4.51. The Balaban J connectivity index is 1.82. The van der Waals surface area contributed by atoms with Gasteiger partial charge in [-0.2, -0.15) is 18.3 Å². The molecule has 2 N–H and O–H groups in total. The van der Waals surface area contributed by atoms with E-state index in [1.54, 1.807) is 18.3 Å². The van der Waals surface area contributed by atoms with Gasteiger partial charge in [0.1, 0.15) is 17.7 Å². The molecule has 1 unspecified atom stereocenters. The number of halogens is 4. The van der Waals surface area contributed by atoms with Gasteiger partial charge in [-0.3, -0.25) is 5.10 Å². The molecule has 0 saturated heterocycles. The van der Waals surface area contributed by atoms with Gasteiger partial charge in [0.05, 0.1) is 11.7 Å². The molecule has 0 fully saturated rings. The Bertz CT molecular complexity index is 989. The number of nitrogens with one attached hydrogen (secondary N) is 2. The highest BCUT2D eigenvalue weighted by Gasteiger charge is 2.41. The van der Waals surface area contributed by atoms with Gasteiger partial charge >= 0.3 is 6.18 Å². The van der Waals surface area contributed by atoms with Crippen LogP contribution in [0.4, 0.5) is 23.2 Å². The van der Waals surface area contributed by atoms with Crippen LogP contribution in [0.2, 0.25) is 0 Å². The molecule has 4 rings (SSSR count). The van der Waals surface area contributed by atoms with Crippen LogP contribution in [0.5, 0.6) is 0 Å². The minimum absolute atomic E-state index is 0.446. The SMILES string of the molecule is Cc1cc(N2C=C(C(F)(F)F)NC2c2ccc(F)cc2)cc2cn[nH]c12. The monoisotopic (exact) mass is 362 g/mol. The van der Waals surface area contributed by atoms with Crippen LogP contribution in [0.15, 0.2) is 54.5 Å². The Kier molecular flexibility index (Phi) is 3.64. The highest BCUT2D eigenvalue weighted by atomic mass is 19.4. The molecule has 0 amide bonds. The highest BCUT2D eigenvalue weighted by molar-refractivity contribution is 5.85. The zero-order valence-corrected chi connectivity index (χ0v) is 13.6. The van der Waals surface area contributed by atoms with Crippen molar-refractivity contribution in [1.29, 1.82) is 0 Å². The van der Waals surface area contributed by atoms with Gasteiger partial charge in [0.15, 0.2) is 0 Å². The van der Waals surface area contributed by atoms with Gasteiger partial charge < -0.3 is 10.2 Å². The molecule has 1 aliphatic heterocycles. The molecular formula is C18H14F4N4. The maximum atomic E-state index is 13.3. The normalized spacial score (nSPS) is 17.5. The first-order chi connectivity index (χ1) is 12.3. The van der Waals surface area contributed by atoms with Crippen LogP contribution in [0, 0.1) is 12.7 Å². The third-order valence-electron chi connectivity index (χ3n) is 4.36. The Morgan fingerprint density at radius 1 is 1.12 bits per heavy atom. The lowest BCUT2D eigenvalue weighted by Gasteiger charge is -2.26. The third kappa shape index (κ3) is 2.77. The number of alkyl halides is 3. The number of aromatic amines is 1.